The molecule has 0 aromatic carbocycles. The molecule has 152 valence electrons. The highest BCUT2D eigenvalue weighted by Crippen LogP contribution is 2.40. The molecule has 1 saturated carbocycles. The Labute approximate surface area is 165 Å². The highest BCUT2D eigenvalue weighted by atomic mass is 19.1. The van der Waals surface area contributed by atoms with Crippen molar-refractivity contribution < 1.29 is 23.4 Å². The average molecular weight is 401 g/mol. The summed E-state index contributed by atoms with van der Waals surface area (Å²) in [5.41, 5.74) is 2.10. The number of ether oxygens (including phenoxy) is 3. The van der Waals surface area contributed by atoms with Gasteiger partial charge in [0.25, 0.3) is 0 Å². The highest BCUT2D eigenvalue weighted by molar-refractivity contribution is 5.96. The molecule has 9 nitrogen and oxygen atoms in total. The van der Waals surface area contributed by atoms with Crippen LogP contribution in [-0.2, 0) is 11.8 Å². The topological polar surface area (TPSA) is 100 Å². The Bertz CT molecular complexity index is 1070. The zero-order valence-corrected chi connectivity index (χ0v) is 16.4. The van der Waals surface area contributed by atoms with Crippen LogP contribution in [0.3, 0.4) is 0 Å². The first-order valence-electron chi connectivity index (χ1n) is 8.91. The van der Waals surface area contributed by atoms with Gasteiger partial charge in [0.1, 0.15) is 17.6 Å². The van der Waals surface area contributed by atoms with Crippen LogP contribution in [0.15, 0.2) is 18.3 Å². The van der Waals surface area contributed by atoms with Crippen LogP contribution < -0.4 is 19.5 Å². The summed E-state index contributed by atoms with van der Waals surface area (Å²) in [6.07, 6.45) is 0.843. The lowest BCUT2D eigenvalue weighted by molar-refractivity contribution is -0.117. The number of pyridine rings is 1. The van der Waals surface area contributed by atoms with Gasteiger partial charge in [0.15, 0.2) is 0 Å². The molecule has 0 aliphatic heterocycles. The van der Waals surface area contributed by atoms with Gasteiger partial charge < -0.3 is 24.1 Å². The Morgan fingerprint density at radius 3 is 2.38 bits per heavy atom. The van der Waals surface area contributed by atoms with E-state index in [1.807, 2.05) is 17.7 Å². The molecular weight excluding hydrogens is 381 g/mol. The van der Waals surface area contributed by atoms with Crippen molar-refractivity contribution in [1.29, 1.82) is 0 Å². The number of carbonyl (C=O) groups excluding carboxylic acids is 1. The fourth-order valence-electron chi connectivity index (χ4n) is 3.20. The van der Waals surface area contributed by atoms with Gasteiger partial charge in [-0.1, -0.05) is 0 Å². The molecule has 1 amide bonds. The number of hydrogen-bond acceptors (Lipinski definition) is 7. The van der Waals surface area contributed by atoms with E-state index in [1.165, 1.54) is 21.3 Å². The lowest BCUT2D eigenvalue weighted by Crippen LogP contribution is -2.15. The van der Waals surface area contributed by atoms with Crippen LogP contribution in [0.25, 0.3) is 22.2 Å². The van der Waals surface area contributed by atoms with Gasteiger partial charge in [-0.2, -0.15) is 9.97 Å². The SMILES string of the molecule is COc1nc(OC)c(-c2cc3cc(NC(=O)C4CC4F)ncc3n2C)c(OC)n1. The molecule has 2 atom stereocenters. The van der Waals surface area contributed by atoms with Crippen LogP contribution in [0.4, 0.5) is 10.2 Å². The lowest BCUT2D eigenvalue weighted by Gasteiger charge is -2.13. The average Bonchev–Trinajstić information content (AvgIpc) is 3.38. The minimum atomic E-state index is -1.06. The van der Waals surface area contributed by atoms with E-state index in [1.54, 1.807) is 12.3 Å². The highest BCUT2D eigenvalue weighted by Gasteiger charge is 2.43. The van der Waals surface area contributed by atoms with Crippen LogP contribution in [0, 0.1) is 5.92 Å². The number of amides is 1. The van der Waals surface area contributed by atoms with Gasteiger partial charge in [0.05, 0.1) is 44.7 Å². The summed E-state index contributed by atoms with van der Waals surface area (Å²) in [4.78, 5) is 24.7. The van der Waals surface area contributed by atoms with Gasteiger partial charge >= 0.3 is 6.01 Å². The van der Waals surface area contributed by atoms with E-state index in [-0.39, 0.29) is 18.3 Å². The van der Waals surface area contributed by atoms with Crippen molar-refractivity contribution in [3.05, 3.63) is 18.3 Å². The Kier molecular flexibility index (Phi) is 4.69. The summed E-state index contributed by atoms with van der Waals surface area (Å²) in [6.45, 7) is 0. The summed E-state index contributed by atoms with van der Waals surface area (Å²) >= 11 is 0. The van der Waals surface area contributed by atoms with Crippen LogP contribution in [-0.4, -0.2) is 52.9 Å². The number of fused-ring (bicyclic) bond motifs is 1. The summed E-state index contributed by atoms with van der Waals surface area (Å²) in [7, 11) is 6.31. The standard InChI is InChI=1S/C19H20FN5O4/c1-25-12(15-17(27-2)23-19(29-4)24-18(15)28-3)5-9-6-14(21-8-13(9)25)22-16(26)10-7-11(10)20/h5-6,8,10-11H,7H2,1-4H3,(H,21,22,26). The monoisotopic (exact) mass is 401 g/mol. The predicted octanol–water partition coefficient (Wildman–Crippen LogP) is 2.35. The van der Waals surface area contributed by atoms with Crippen LogP contribution in [0.2, 0.25) is 0 Å². The Morgan fingerprint density at radius 2 is 1.83 bits per heavy atom. The number of hydrogen-bond donors (Lipinski definition) is 1. The first kappa shape index (κ1) is 18.9. The first-order valence-corrected chi connectivity index (χ1v) is 8.91. The van der Waals surface area contributed by atoms with Crippen molar-refractivity contribution in [2.75, 3.05) is 26.6 Å². The fraction of sp³-hybridized carbons (Fsp3) is 0.368. The Balaban J connectivity index is 1.77. The van der Waals surface area contributed by atoms with E-state index in [0.717, 1.165) is 16.6 Å². The molecule has 1 aliphatic carbocycles. The second kappa shape index (κ2) is 7.19. The third kappa shape index (κ3) is 3.30. The molecule has 10 heteroatoms. The number of aryl methyl sites for hydroxylation is 1. The number of rotatable bonds is 6. The maximum absolute atomic E-state index is 13.1. The van der Waals surface area contributed by atoms with E-state index in [0.29, 0.717) is 23.1 Å². The summed E-state index contributed by atoms with van der Waals surface area (Å²) in [5.74, 6) is 0.0208. The van der Waals surface area contributed by atoms with E-state index in [4.69, 9.17) is 14.2 Å². The van der Waals surface area contributed by atoms with Crippen LogP contribution in [0.1, 0.15) is 6.42 Å². The molecule has 1 N–H and O–H groups in total. The third-order valence-corrected chi connectivity index (χ3v) is 4.88. The van der Waals surface area contributed by atoms with Gasteiger partial charge in [-0.3, -0.25) is 4.79 Å². The molecule has 0 saturated heterocycles. The molecule has 1 fully saturated rings. The van der Waals surface area contributed by atoms with Gasteiger partial charge in [0.2, 0.25) is 17.7 Å². The van der Waals surface area contributed by atoms with Gasteiger partial charge in [-0.05, 0) is 18.6 Å². The second-order valence-electron chi connectivity index (χ2n) is 6.67. The van der Waals surface area contributed by atoms with E-state index in [2.05, 4.69) is 20.3 Å². The summed E-state index contributed by atoms with van der Waals surface area (Å²) in [6, 6.07) is 3.74. The maximum atomic E-state index is 13.1. The van der Waals surface area contributed by atoms with Crippen LogP contribution in [0.5, 0.6) is 17.8 Å². The quantitative estimate of drug-likeness (QED) is 0.677. The van der Waals surface area contributed by atoms with Crippen molar-refractivity contribution in [2.24, 2.45) is 13.0 Å². The zero-order valence-electron chi connectivity index (χ0n) is 16.4. The molecule has 2 unspecified atom stereocenters. The molecule has 0 bridgehead atoms. The third-order valence-electron chi connectivity index (χ3n) is 4.88. The lowest BCUT2D eigenvalue weighted by atomic mass is 10.2. The number of nitrogens with one attached hydrogen (secondary N) is 1. The Morgan fingerprint density at radius 1 is 1.17 bits per heavy atom. The molecule has 3 aromatic rings. The largest absolute Gasteiger partial charge is 0.480 e. The second-order valence-corrected chi connectivity index (χ2v) is 6.67. The number of nitrogens with zero attached hydrogens (tertiary/aromatic N) is 4. The van der Waals surface area contributed by atoms with Crippen molar-refractivity contribution in [3.8, 4) is 29.0 Å². The number of aromatic nitrogens is 4. The number of anilines is 1. The van der Waals surface area contributed by atoms with E-state index < -0.39 is 12.1 Å². The number of carbonyl (C=O) groups is 1. The normalized spacial score (nSPS) is 17.8. The fourth-order valence-corrected chi connectivity index (χ4v) is 3.20. The molecule has 1 aliphatic rings. The predicted molar refractivity (Wildman–Crippen MR) is 103 cm³/mol. The van der Waals surface area contributed by atoms with Crippen molar-refractivity contribution in [3.63, 3.8) is 0 Å². The van der Waals surface area contributed by atoms with Gasteiger partial charge in [-0.15, -0.1) is 0 Å². The molecule has 0 radical (unpaired) electrons. The minimum Gasteiger partial charge on any atom is -0.480 e. The molecule has 29 heavy (non-hydrogen) atoms. The van der Waals surface area contributed by atoms with Crippen LogP contribution >= 0.6 is 0 Å². The molecule has 4 rings (SSSR count). The van der Waals surface area contributed by atoms with Gasteiger partial charge in [-0.25, -0.2) is 9.37 Å². The minimum absolute atomic E-state index is 0.124. The molecule has 3 aromatic heterocycles. The van der Waals surface area contributed by atoms with Gasteiger partial charge in [0, 0.05) is 12.4 Å². The van der Waals surface area contributed by atoms with Crippen molar-refractivity contribution in [2.45, 2.75) is 12.6 Å². The Hall–Kier alpha value is -3.43. The zero-order chi connectivity index (χ0) is 20.7. The van der Waals surface area contributed by atoms with E-state index >= 15 is 0 Å². The summed E-state index contributed by atoms with van der Waals surface area (Å²) < 4.78 is 30.9. The maximum Gasteiger partial charge on any atom is 0.322 e. The first-order chi connectivity index (χ1) is 14.0. The van der Waals surface area contributed by atoms with E-state index in [9.17, 15) is 9.18 Å². The molecular formula is C19H20FN5O4. The number of alkyl halides is 1. The van der Waals surface area contributed by atoms with Crippen molar-refractivity contribution in [1.82, 2.24) is 19.5 Å². The smallest absolute Gasteiger partial charge is 0.322 e. The number of methoxy groups -OCH3 is 3. The summed E-state index contributed by atoms with van der Waals surface area (Å²) in [5, 5.41) is 3.48. The number of halogens is 1. The van der Waals surface area contributed by atoms with Crippen molar-refractivity contribution >= 4 is 22.6 Å². The molecule has 0 spiro atoms. The molecule has 3 heterocycles.